The molecule has 0 heterocycles. The monoisotopic (exact) mass is 255 g/mol. The summed E-state index contributed by atoms with van der Waals surface area (Å²) in [5, 5.41) is 10.9. The molecule has 2 N–H and O–H groups in total. The van der Waals surface area contributed by atoms with Gasteiger partial charge in [0.15, 0.2) is 0 Å². The van der Waals surface area contributed by atoms with Gasteiger partial charge in [-0.15, -0.1) is 0 Å². The van der Waals surface area contributed by atoms with Crippen LogP contribution in [0.15, 0.2) is 0 Å². The Bertz CT molecular complexity index is 300. The maximum absolute atomic E-state index is 12.0. The Kier molecular flexibility index (Phi) is 4.97. The standard InChI is InChI=1S/C10H16F3NO3/c1-6(4-10(11,12)13)14-7(15)5-9(2,3)8(16)17/h6H,4-5H2,1-3H3,(H,14,15)(H,16,17). The summed E-state index contributed by atoms with van der Waals surface area (Å²) in [5.41, 5.74) is -1.29. The van der Waals surface area contributed by atoms with Gasteiger partial charge in [0, 0.05) is 12.5 Å². The molecule has 1 amide bonds. The number of carbonyl (C=O) groups is 2. The number of alkyl halides is 3. The van der Waals surface area contributed by atoms with Gasteiger partial charge in [0.2, 0.25) is 5.91 Å². The maximum atomic E-state index is 12.0. The van der Waals surface area contributed by atoms with Crippen LogP contribution in [-0.4, -0.2) is 29.2 Å². The van der Waals surface area contributed by atoms with Crippen LogP contribution in [0.3, 0.4) is 0 Å². The Balaban J connectivity index is 4.24. The number of carbonyl (C=O) groups excluding carboxylic acids is 1. The van der Waals surface area contributed by atoms with Gasteiger partial charge < -0.3 is 10.4 Å². The Morgan fingerprint density at radius 1 is 1.29 bits per heavy atom. The molecule has 4 nitrogen and oxygen atoms in total. The fraction of sp³-hybridized carbons (Fsp3) is 0.800. The van der Waals surface area contributed by atoms with E-state index in [2.05, 4.69) is 5.32 Å². The zero-order valence-electron chi connectivity index (χ0n) is 9.89. The lowest BCUT2D eigenvalue weighted by Crippen LogP contribution is -2.39. The summed E-state index contributed by atoms with van der Waals surface area (Å²) in [5.74, 6) is -1.87. The Morgan fingerprint density at radius 2 is 1.76 bits per heavy atom. The summed E-state index contributed by atoms with van der Waals surface area (Å²) >= 11 is 0. The summed E-state index contributed by atoms with van der Waals surface area (Å²) < 4.78 is 35.9. The normalized spacial score (nSPS) is 14.2. The Labute approximate surface area is 97.2 Å². The molecule has 0 spiro atoms. The molecule has 100 valence electrons. The van der Waals surface area contributed by atoms with E-state index >= 15 is 0 Å². The second-order valence-electron chi connectivity index (χ2n) is 4.65. The molecule has 0 aromatic rings. The Morgan fingerprint density at radius 3 is 2.12 bits per heavy atom. The van der Waals surface area contributed by atoms with Gasteiger partial charge in [0.05, 0.1) is 11.8 Å². The van der Waals surface area contributed by atoms with Crippen molar-refractivity contribution in [2.24, 2.45) is 5.41 Å². The minimum atomic E-state index is -4.35. The van der Waals surface area contributed by atoms with Crippen LogP contribution >= 0.6 is 0 Å². The molecule has 1 atom stereocenters. The number of halogens is 3. The lowest BCUT2D eigenvalue weighted by atomic mass is 9.89. The summed E-state index contributed by atoms with van der Waals surface area (Å²) in [6.07, 6.45) is -5.84. The minimum Gasteiger partial charge on any atom is -0.481 e. The third-order valence-electron chi connectivity index (χ3n) is 2.13. The average molecular weight is 255 g/mol. The van der Waals surface area contributed by atoms with Gasteiger partial charge in [-0.05, 0) is 20.8 Å². The molecule has 0 aromatic heterocycles. The zero-order chi connectivity index (χ0) is 13.9. The zero-order valence-corrected chi connectivity index (χ0v) is 9.89. The van der Waals surface area contributed by atoms with E-state index in [0.29, 0.717) is 0 Å². The molecule has 0 rings (SSSR count). The molecule has 7 heteroatoms. The molecule has 0 aliphatic rings. The van der Waals surface area contributed by atoms with E-state index in [4.69, 9.17) is 5.11 Å². The highest BCUT2D eigenvalue weighted by molar-refractivity contribution is 5.84. The van der Waals surface area contributed by atoms with Crippen LogP contribution < -0.4 is 5.32 Å². The molecular formula is C10H16F3NO3. The van der Waals surface area contributed by atoms with Crippen LogP contribution in [0, 0.1) is 5.41 Å². The quantitative estimate of drug-likeness (QED) is 0.789. The molecule has 0 bridgehead atoms. The summed E-state index contributed by atoms with van der Waals surface area (Å²) in [6, 6.07) is -1.06. The van der Waals surface area contributed by atoms with Gasteiger partial charge in [0.1, 0.15) is 0 Å². The van der Waals surface area contributed by atoms with Gasteiger partial charge in [-0.25, -0.2) is 0 Å². The third kappa shape index (κ3) is 6.80. The predicted molar refractivity (Wildman–Crippen MR) is 54.3 cm³/mol. The van der Waals surface area contributed by atoms with Crippen LogP contribution in [-0.2, 0) is 9.59 Å². The molecule has 0 radical (unpaired) electrons. The number of hydrogen-bond acceptors (Lipinski definition) is 2. The highest BCUT2D eigenvalue weighted by atomic mass is 19.4. The lowest BCUT2D eigenvalue weighted by molar-refractivity contribution is -0.151. The number of carboxylic acids is 1. The van der Waals surface area contributed by atoms with Crippen molar-refractivity contribution in [2.75, 3.05) is 0 Å². The van der Waals surface area contributed by atoms with E-state index in [1.54, 1.807) is 0 Å². The van der Waals surface area contributed by atoms with Crippen molar-refractivity contribution in [3.8, 4) is 0 Å². The highest BCUT2D eigenvalue weighted by Crippen LogP contribution is 2.23. The van der Waals surface area contributed by atoms with E-state index in [0.717, 1.165) is 0 Å². The van der Waals surface area contributed by atoms with E-state index < -0.39 is 35.9 Å². The van der Waals surface area contributed by atoms with Crippen molar-refractivity contribution in [1.29, 1.82) is 0 Å². The van der Waals surface area contributed by atoms with Crippen molar-refractivity contribution in [3.63, 3.8) is 0 Å². The molecule has 0 aliphatic heterocycles. The molecule has 1 unspecified atom stereocenters. The number of aliphatic carboxylic acids is 1. The Hall–Kier alpha value is -1.27. The highest BCUT2D eigenvalue weighted by Gasteiger charge is 2.33. The maximum Gasteiger partial charge on any atom is 0.391 e. The number of carboxylic acid groups (broad SMARTS) is 1. The van der Waals surface area contributed by atoms with Crippen molar-refractivity contribution in [1.82, 2.24) is 5.32 Å². The molecule has 0 aromatic carbocycles. The SMILES string of the molecule is CC(CC(F)(F)F)NC(=O)CC(C)(C)C(=O)O. The summed E-state index contributed by atoms with van der Waals surface area (Å²) in [6.45, 7) is 3.89. The first-order valence-electron chi connectivity index (χ1n) is 5.03. The second-order valence-corrected chi connectivity index (χ2v) is 4.65. The number of nitrogens with one attached hydrogen (secondary N) is 1. The van der Waals surface area contributed by atoms with Crippen molar-refractivity contribution in [3.05, 3.63) is 0 Å². The molecule has 0 saturated heterocycles. The third-order valence-corrected chi connectivity index (χ3v) is 2.13. The number of amides is 1. The first kappa shape index (κ1) is 15.7. The van der Waals surface area contributed by atoms with Crippen molar-refractivity contribution < 1.29 is 27.9 Å². The van der Waals surface area contributed by atoms with Crippen LogP contribution in [0.5, 0.6) is 0 Å². The summed E-state index contributed by atoms with van der Waals surface area (Å²) in [4.78, 5) is 22.0. The van der Waals surface area contributed by atoms with Crippen LogP contribution in [0.25, 0.3) is 0 Å². The topological polar surface area (TPSA) is 66.4 Å². The molecule has 0 fully saturated rings. The van der Waals surface area contributed by atoms with E-state index in [1.807, 2.05) is 0 Å². The predicted octanol–water partition coefficient (Wildman–Crippen LogP) is 1.94. The fourth-order valence-electron chi connectivity index (χ4n) is 1.20. The first-order chi connectivity index (χ1) is 7.44. The van der Waals surface area contributed by atoms with Crippen molar-refractivity contribution >= 4 is 11.9 Å². The largest absolute Gasteiger partial charge is 0.481 e. The minimum absolute atomic E-state index is 0.357. The van der Waals surface area contributed by atoms with Crippen LogP contribution in [0.1, 0.15) is 33.6 Å². The van der Waals surface area contributed by atoms with Crippen LogP contribution in [0.4, 0.5) is 13.2 Å². The van der Waals surface area contributed by atoms with Gasteiger partial charge in [-0.2, -0.15) is 13.2 Å². The van der Waals surface area contributed by atoms with Crippen LogP contribution in [0.2, 0.25) is 0 Å². The molecule has 17 heavy (non-hydrogen) atoms. The fourth-order valence-corrected chi connectivity index (χ4v) is 1.20. The van der Waals surface area contributed by atoms with Gasteiger partial charge in [0.25, 0.3) is 0 Å². The van der Waals surface area contributed by atoms with Gasteiger partial charge in [-0.3, -0.25) is 9.59 Å². The van der Waals surface area contributed by atoms with E-state index in [-0.39, 0.29) is 6.42 Å². The number of hydrogen-bond donors (Lipinski definition) is 2. The van der Waals surface area contributed by atoms with Gasteiger partial charge >= 0.3 is 12.1 Å². The smallest absolute Gasteiger partial charge is 0.391 e. The average Bonchev–Trinajstić information content (AvgIpc) is 1.96. The van der Waals surface area contributed by atoms with Crippen molar-refractivity contribution in [2.45, 2.75) is 45.8 Å². The van der Waals surface area contributed by atoms with E-state index in [9.17, 15) is 22.8 Å². The molecule has 0 saturated carbocycles. The van der Waals surface area contributed by atoms with E-state index in [1.165, 1.54) is 20.8 Å². The lowest BCUT2D eigenvalue weighted by Gasteiger charge is -2.21. The molecular weight excluding hydrogens is 239 g/mol. The molecule has 0 aliphatic carbocycles. The second kappa shape index (κ2) is 5.37. The number of rotatable bonds is 5. The van der Waals surface area contributed by atoms with Gasteiger partial charge in [-0.1, -0.05) is 0 Å². The first-order valence-corrected chi connectivity index (χ1v) is 5.03. The summed E-state index contributed by atoms with van der Waals surface area (Å²) in [7, 11) is 0.